The van der Waals surface area contributed by atoms with Crippen LogP contribution in [0.4, 0.5) is 0 Å². The van der Waals surface area contributed by atoms with Crippen LogP contribution < -0.4 is 5.32 Å². The van der Waals surface area contributed by atoms with Gasteiger partial charge in [0, 0.05) is 31.5 Å². The lowest BCUT2D eigenvalue weighted by Gasteiger charge is -2.37. The third-order valence-electron chi connectivity index (χ3n) is 3.39. The molecule has 1 aliphatic rings. The first-order chi connectivity index (χ1) is 8.42. The number of carboxylic acid groups (broad SMARTS) is 1. The van der Waals surface area contributed by atoms with Crippen molar-refractivity contribution in [2.75, 3.05) is 19.6 Å². The van der Waals surface area contributed by atoms with E-state index in [1.807, 2.05) is 13.8 Å². The maximum atomic E-state index is 11.7. The van der Waals surface area contributed by atoms with E-state index in [4.69, 9.17) is 5.11 Å². The molecule has 5 nitrogen and oxygen atoms in total. The van der Waals surface area contributed by atoms with E-state index in [1.54, 1.807) is 0 Å². The van der Waals surface area contributed by atoms with Crippen molar-refractivity contribution in [3.8, 4) is 0 Å². The van der Waals surface area contributed by atoms with Crippen LogP contribution in [0.1, 0.15) is 33.6 Å². The molecule has 1 amide bonds. The van der Waals surface area contributed by atoms with Gasteiger partial charge >= 0.3 is 5.97 Å². The summed E-state index contributed by atoms with van der Waals surface area (Å²) in [4.78, 5) is 24.7. The summed E-state index contributed by atoms with van der Waals surface area (Å²) in [6.45, 7) is 8.32. The number of likely N-dealkylation sites (tertiary alicyclic amines) is 1. The zero-order chi connectivity index (χ0) is 13.7. The van der Waals surface area contributed by atoms with E-state index in [9.17, 15) is 9.59 Å². The number of aliphatic carboxylic acids is 1. The molecule has 104 valence electrons. The van der Waals surface area contributed by atoms with Crippen molar-refractivity contribution < 1.29 is 14.7 Å². The Balaban J connectivity index is 2.56. The highest BCUT2D eigenvalue weighted by Gasteiger charge is 2.29. The first-order valence-corrected chi connectivity index (χ1v) is 6.66. The minimum Gasteiger partial charge on any atom is -0.481 e. The second-order valence-corrected chi connectivity index (χ2v) is 5.41. The molecule has 0 aliphatic carbocycles. The summed E-state index contributed by atoms with van der Waals surface area (Å²) in [5, 5.41) is 11.9. The molecular weight excluding hydrogens is 232 g/mol. The minimum atomic E-state index is -0.758. The maximum Gasteiger partial charge on any atom is 0.303 e. The molecular formula is C13H24N2O3. The molecule has 0 radical (unpaired) electrons. The van der Waals surface area contributed by atoms with E-state index in [0.29, 0.717) is 0 Å². The number of carboxylic acids is 1. The molecule has 2 atom stereocenters. The maximum absolute atomic E-state index is 11.7. The van der Waals surface area contributed by atoms with Gasteiger partial charge in [0.25, 0.3) is 0 Å². The monoisotopic (exact) mass is 256 g/mol. The predicted octanol–water partition coefficient (Wildman–Crippen LogP) is 0.944. The van der Waals surface area contributed by atoms with Gasteiger partial charge in [0.2, 0.25) is 5.91 Å². The summed E-state index contributed by atoms with van der Waals surface area (Å²) < 4.78 is 0. The number of likely N-dealkylation sites (N-methyl/N-ethyl adjacent to an activating group) is 1. The van der Waals surface area contributed by atoms with Crippen LogP contribution in [0, 0.1) is 11.8 Å². The van der Waals surface area contributed by atoms with Gasteiger partial charge < -0.3 is 15.3 Å². The number of piperidine rings is 1. The van der Waals surface area contributed by atoms with Gasteiger partial charge in [-0.1, -0.05) is 20.8 Å². The van der Waals surface area contributed by atoms with Crippen LogP contribution in [0.2, 0.25) is 0 Å². The van der Waals surface area contributed by atoms with E-state index in [1.165, 1.54) is 0 Å². The second kappa shape index (κ2) is 6.73. The number of carbonyl (C=O) groups is 2. The Bertz CT molecular complexity index is 305. The first kappa shape index (κ1) is 15.0. The number of carbonyl (C=O) groups excluding carboxylic acids is 1. The zero-order valence-electron chi connectivity index (χ0n) is 11.5. The Morgan fingerprint density at radius 1 is 1.39 bits per heavy atom. The fraction of sp³-hybridized carbons (Fsp3) is 0.846. The van der Waals surface area contributed by atoms with Crippen molar-refractivity contribution in [3.05, 3.63) is 0 Å². The van der Waals surface area contributed by atoms with E-state index in [-0.39, 0.29) is 30.2 Å². The van der Waals surface area contributed by atoms with Crippen molar-refractivity contribution in [1.82, 2.24) is 10.2 Å². The van der Waals surface area contributed by atoms with Crippen molar-refractivity contribution >= 4 is 11.9 Å². The van der Waals surface area contributed by atoms with Crippen LogP contribution >= 0.6 is 0 Å². The van der Waals surface area contributed by atoms with E-state index < -0.39 is 5.97 Å². The number of nitrogens with zero attached hydrogens (tertiary/aromatic N) is 1. The van der Waals surface area contributed by atoms with Crippen molar-refractivity contribution in [2.45, 2.75) is 39.7 Å². The summed E-state index contributed by atoms with van der Waals surface area (Å²) >= 11 is 0. The zero-order valence-corrected chi connectivity index (χ0v) is 11.5. The molecule has 1 aliphatic heterocycles. The topological polar surface area (TPSA) is 69.6 Å². The molecule has 1 saturated heterocycles. The summed E-state index contributed by atoms with van der Waals surface area (Å²) in [5.41, 5.74) is 0. The molecule has 2 unspecified atom stereocenters. The Morgan fingerprint density at radius 2 is 2.06 bits per heavy atom. The van der Waals surface area contributed by atoms with E-state index >= 15 is 0 Å². The Hall–Kier alpha value is -1.10. The fourth-order valence-electron chi connectivity index (χ4n) is 2.43. The SMILES string of the molecule is CCN1CC(CC(=O)O)CC(NC(=O)C(C)C)C1. The highest BCUT2D eigenvalue weighted by atomic mass is 16.4. The van der Waals surface area contributed by atoms with Crippen molar-refractivity contribution in [2.24, 2.45) is 11.8 Å². The van der Waals surface area contributed by atoms with Gasteiger partial charge in [-0.15, -0.1) is 0 Å². The van der Waals surface area contributed by atoms with E-state index in [0.717, 1.165) is 26.1 Å². The van der Waals surface area contributed by atoms with Crippen LogP contribution in [0.3, 0.4) is 0 Å². The van der Waals surface area contributed by atoms with Gasteiger partial charge in [-0.2, -0.15) is 0 Å². The number of rotatable bonds is 5. The third-order valence-corrected chi connectivity index (χ3v) is 3.39. The van der Waals surface area contributed by atoms with Crippen LogP contribution in [0.25, 0.3) is 0 Å². The lowest BCUT2D eigenvalue weighted by atomic mass is 9.91. The first-order valence-electron chi connectivity index (χ1n) is 6.66. The van der Waals surface area contributed by atoms with Crippen LogP contribution in [0.15, 0.2) is 0 Å². The number of hydrogen-bond donors (Lipinski definition) is 2. The van der Waals surface area contributed by atoms with Gasteiger partial charge in [0.05, 0.1) is 0 Å². The summed E-state index contributed by atoms with van der Waals surface area (Å²) in [6.07, 6.45) is 0.950. The molecule has 1 heterocycles. The number of hydrogen-bond acceptors (Lipinski definition) is 3. The molecule has 0 saturated carbocycles. The summed E-state index contributed by atoms with van der Waals surface area (Å²) in [5.74, 6) is -0.604. The molecule has 5 heteroatoms. The molecule has 0 aromatic carbocycles. The van der Waals surface area contributed by atoms with Gasteiger partial charge in [-0.3, -0.25) is 9.59 Å². The molecule has 0 aromatic rings. The third kappa shape index (κ3) is 4.64. The lowest BCUT2D eigenvalue weighted by Crippen LogP contribution is -2.51. The molecule has 0 aromatic heterocycles. The average Bonchev–Trinajstić information content (AvgIpc) is 2.27. The van der Waals surface area contributed by atoms with Crippen LogP contribution in [-0.4, -0.2) is 47.6 Å². The van der Waals surface area contributed by atoms with Crippen LogP contribution in [-0.2, 0) is 9.59 Å². The summed E-state index contributed by atoms with van der Waals surface area (Å²) in [7, 11) is 0. The van der Waals surface area contributed by atoms with Gasteiger partial charge in [-0.05, 0) is 18.9 Å². The van der Waals surface area contributed by atoms with Crippen molar-refractivity contribution in [3.63, 3.8) is 0 Å². The standard InChI is InChI=1S/C13H24N2O3/c1-4-15-7-10(6-12(16)17)5-11(8-15)14-13(18)9(2)3/h9-11H,4-8H2,1-3H3,(H,14,18)(H,16,17). The normalized spacial score (nSPS) is 25.1. The smallest absolute Gasteiger partial charge is 0.303 e. The molecule has 0 spiro atoms. The Kier molecular flexibility index (Phi) is 5.59. The molecule has 0 bridgehead atoms. The molecule has 18 heavy (non-hydrogen) atoms. The summed E-state index contributed by atoms with van der Waals surface area (Å²) in [6, 6.07) is 0.0814. The average molecular weight is 256 g/mol. The number of amides is 1. The molecule has 1 rings (SSSR count). The highest BCUT2D eigenvalue weighted by Crippen LogP contribution is 2.20. The quantitative estimate of drug-likeness (QED) is 0.768. The largest absolute Gasteiger partial charge is 0.481 e. The predicted molar refractivity (Wildman–Crippen MR) is 69.2 cm³/mol. The Labute approximate surface area is 109 Å². The van der Waals surface area contributed by atoms with Gasteiger partial charge in [-0.25, -0.2) is 0 Å². The molecule has 1 fully saturated rings. The second-order valence-electron chi connectivity index (χ2n) is 5.41. The van der Waals surface area contributed by atoms with E-state index in [2.05, 4.69) is 17.1 Å². The molecule has 2 N–H and O–H groups in total. The minimum absolute atomic E-state index is 0.0278. The van der Waals surface area contributed by atoms with Crippen molar-refractivity contribution in [1.29, 1.82) is 0 Å². The highest BCUT2D eigenvalue weighted by molar-refractivity contribution is 5.78. The Morgan fingerprint density at radius 3 is 2.56 bits per heavy atom. The van der Waals surface area contributed by atoms with Gasteiger partial charge in [0.15, 0.2) is 0 Å². The van der Waals surface area contributed by atoms with Crippen LogP contribution in [0.5, 0.6) is 0 Å². The van der Waals surface area contributed by atoms with Gasteiger partial charge in [0.1, 0.15) is 0 Å². The fourth-order valence-corrected chi connectivity index (χ4v) is 2.43. The number of nitrogens with one attached hydrogen (secondary N) is 1. The lowest BCUT2D eigenvalue weighted by molar-refractivity contribution is -0.138.